The van der Waals surface area contributed by atoms with E-state index in [1.54, 1.807) is 11.0 Å². The van der Waals surface area contributed by atoms with E-state index >= 15 is 0 Å². The Labute approximate surface area is 179 Å². The van der Waals surface area contributed by atoms with Crippen LogP contribution in [0.2, 0.25) is 0 Å². The molecule has 1 aliphatic rings. The molecule has 0 N–H and O–H groups in total. The average Bonchev–Trinajstić information content (AvgIpc) is 3.27. The largest absolute Gasteiger partial charge is 0.454 e. The molecule has 2 heterocycles. The molecule has 0 spiro atoms. The number of benzene rings is 2. The molecule has 0 fully saturated rings. The normalized spacial score (nSPS) is 12.3. The maximum atomic E-state index is 12.5. The van der Waals surface area contributed by atoms with Crippen molar-refractivity contribution in [1.82, 2.24) is 9.88 Å². The first-order valence-corrected chi connectivity index (χ1v) is 9.99. The van der Waals surface area contributed by atoms with Crippen LogP contribution < -0.4 is 9.47 Å². The first-order chi connectivity index (χ1) is 15.1. The maximum absolute atomic E-state index is 12.5. The standard InChI is InChI=1S/C24H22N2O5/c1-2-26(14-17-7-11-21-22(13-17)31-16-30-21)23(27)15-29-24(28)12-10-19-9-8-18-5-3-4-6-20(18)25-19/h3-13H,2,14-16H2,1H3/b12-10+. The highest BCUT2D eigenvalue weighted by Gasteiger charge is 2.17. The van der Waals surface area contributed by atoms with E-state index in [2.05, 4.69) is 4.98 Å². The molecule has 0 saturated carbocycles. The van der Waals surface area contributed by atoms with Crippen molar-refractivity contribution in [2.24, 2.45) is 0 Å². The first-order valence-electron chi connectivity index (χ1n) is 9.99. The van der Waals surface area contributed by atoms with E-state index in [1.807, 2.05) is 61.5 Å². The molecular formula is C24H22N2O5. The minimum absolute atomic E-state index is 0.202. The lowest BCUT2D eigenvalue weighted by Crippen LogP contribution is -2.33. The van der Waals surface area contributed by atoms with E-state index in [9.17, 15) is 9.59 Å². The van der Waals surface area contributed by atoms with Crippen LogP contribution in [-0.2, 0) is 20.9 Å². The summed E-state index contributed by atoms with van der Waals surface area (Å²) in [6.45, 7) is 2.63. The number of nitrogens with zero attached hydrogens (tertiary/aromatic N) is 2. The van der Waals surface area contributed by atoms with Gasteiger partial charge in [-0.25, -0.2) is 9.78 Å². The van der Waals surface area contributed by atoms with Crippen LogP contribution in [0, 0.1) is 0 Å². The monoisotopic (exact) mass is 418 g/mol. The van der Waals surface area contributed by atoms with Gasteiger partial charge in [0.15, 0.2) is 18.1 Å². The van der Waals surface area contributed by atoms with Crippen molar-refractivity contribution in [3.05, 3.63) is 71.9 Å². The predicted molar refractivity (Wildman–Crippen MR) is 115 cm³/mol. The van der Waals surface area contributed by atoms with Crippen molar-refractivity contribution in [1.29, 1.82) is 0 Å². The molecule has 0 bridgehead atoms. The molecule has 31 heavy (non-hydrogen) atoms. The third-order valence-corrected chi connectivity index (χ3v) is 4.89. The lowest BCUT2D eigenvalue weighted by Gasteiger charge is -2.20. The number of rotatable bonds is 7. The van der Waals surface area contributed by atoms with Gasteiger partial charge in [-0.05, 0) is 42.8 Å². The summed E-state index contributed by atoms with van der Waals surface area (Å²) in [4.78, 5) is 30.6. The number of carbonyl (C=O) groups excluding carboxylic acids is 2. The van der Waals surface area contributed by atoms with Crippen LogP contribution >= 0.6 is 0 Å². The lowest BCUT2D eigenvalue weighted by atomic mass is 10.2. The third-order valence-electron chi connectivity index (χ3n) is 4.89. The molecule has 1 aliphatic heterocycles. The fraction of sp³-hybridized carbons (Fsp3) is 0.208. The molecular weight excluding hydrogens is 396 g/mol. The summed E-state index contributed by atoms with van der Waals surface area (Å²) >= 11 is 0. The average molecular weight is 418 g/mol. The maximum Gasteiger partial charge on any atom is 0.331 e. The molecule has 1 aromatic heterocycles. The number of esters is 1. The molecule has 3 aromatic rings. The van der Waals surface area contributed by atoms with Crippen molar-refractivity contribution in [2.75, 3.05) is 19.9 Å². The van der Waals surface area contributed by atoms with Crippen molar-refractivity contribution < 1.29 is 23.8 Å². The van der Waals surface area contributed by atoms with Gasteiger partial charge in [-0.15, -0.1) is 0 Å². The van der Waals surface area contributed by atoms with Gasteiger partial charge < -0.3 is 19.1 Å². The number of amides is 1. The Kier molecular flexibility index (Phi) is 6.12. The van der Waals surface area contributed by atoms with Gasteiger partial charge in [0.25, 0.3) is 5.91 Å². The van der Waals surface area contributed by atoms with Gasteiger partial charge in [-0.1, -0.05) is 30.3 Å². The van der Waals surface area contributed by atoms with Gasteiger partial charge in [0, 0.05) is 24.6 Å². The number of carbonyl (C=O) groups is 2. The zero-order chi connectivity index (χ0) is 21.6. The third kappa shape index (κ3) is 5.01. The number of pyridine rings is 1. The van der Waals surface area contributed by atoms with E-state index in [-0.39, 0.29) is 19.3 Å². The molecule has 0 atom stereocenters. The summed E-state index contributed by atoms with van der Waals surface area (Å²) in [7, 11) is 0. The highest BCUT2D eigenvalue weighted by molar-refractivity contribution is 5.89. The summed E-state index contributed by atoms with van der Waals surface area (Å²) in [5, 5.41) is 1.02. The minimum Gasteiger partial charge on any atom is -0.454 e. The van der Waals surface area contributed by atoms with Gasteiger partial charge in [-0.2, -0.15) is 0 Å². The molecule has 0 saturated heterocycles. The Morgan fingerprint density at radius 1 is 1.10 bits per heavy atom. The molecule has 4 rings (SSSR count). The van der Waals surface area contributed by atoms with Crippen molar-refractivity contribution >= 4 is 28.9 Å². The Balaban J connectivity index is 1.31. The molecule has 0 radical (unpaired) electrons. The van der Waals surface area contributed by atoms with Gasteiger partial charge in [0.05, 0.1) is 11.2 Å². The molecule has 0 unspecified atom stereocenters. The molecule has 2 aromatic carbocycles. The van der Waals surface area contributed by atoms with Gasteiger partial charge in [0.1, 0.15) is 0 Å². The van der Waals surface area contributed by atoms with E-state index in [1.165, 1.54) is 6.08 Å². The van der Waals surface area contributed by atoms with Crippen molar-refractivity contribution in [2.45, 2.75) is 13.5 Å². The molecule has 7 nitrogen and oxygen atoms in total. The van der Waals surface area contributed by atoms with Crippen LogP contribution in [0.15, 0.2) is 60.7 Å². The van der Waals surface area contributed by atoms with E-state index in [4.69, 9.17) is 14.2 Å². The highest BCUT2D eigenvalue weighted by Crippen LogP contribution is 2.32. The quantitative estimate of drug-likeness (QED) is 0.431. The molecule has 0 aliphatic carbocycles. The molecule has 1 amide bonds. The van der Waals surface area contributed by atoms with Gasteiger partial charge in [-0.3, -0.25) is 4.79 Å². The number of aromatic nitrogens is 1. The number of hydrogen-bond donors (Lipinski definition) is 0. The number of hydrogen-bond acceptors (Lipinski definition) is 6. The molecule has 7 heteroatoms. The predicted octanol–water partition coefficient (Wildman–Crippen LogP) is 3.57. The van der Waals surface area contributed by atoms with E-state index in [0.717, 1.165) is 16.5 Å². The second kappa shape index (κ2) is 9.30. The zero-order valence-electron chi connectivity index (χ0n) is 17.1. The van der Waals surface area contributed by atoms with E-state index in [0.29, 0.717) is 30.3 Å². The van der Waals surface area contributed by atoms with Crippen LogP contribution in [0.4, 0.5) is 0 Å². The molecule has 158 valence electrons. The lowest BCUT2D eigenvalue weighted by molar-refractivity contribution is -0.148. The van der Waals surface area contributed by atoms with Gasteiger partial charge in [0.2, 0.25) is 6.79 Å². The minimum atomic E-state index is -0.595. The van der Waals surface area contributed by atoms with Gasteiger partial charge >= 0.3 is 5.97 Å². The van der Waals surface area contributed by atoms with Crippen molar-refractivity contribution in [3.63, 3.8) is 0 Å². The second-order valence-corrected chi connectivity index (χ2v) is 6.97. The number of likely N-dealkylation sites (N-methyl/N-ethyl adjacent to an activating group) is 1. The Hall–Kier alpha value is -3.87. The first kappa shape index (κ1) is 20.4. The van der Waals surface area contributed by atoms with Crippen LogP contribution in [0.25, 0.3) is 17.0 Å². The summed E-state index contributed by atoms with van der Waals surface area (Å²) in [6.07, 6.45) is 2.85. The van der Waals surface area contributed by atoms with Crippen LogP contribution in [-0.4, -0.2) is 41.7 Å². The van der Waals surface area contributed by atoms with Crippen LogP contribution in [0.5, 0.6) is 11.5 Å². The Morgan fingerprint density at radius 3 is 2.81 bits per heavy atom. The van der Waals surface area contributed by atoms with Crippen LogP contribution in [0.1, 0.15) is 18.2 Å². The summed E-state index contributed by atoms with van der Waals surface area (Å²) in [6, 6.07) is 17.0. The summed E-state index contributed by atoms with van der Waals surface area (Å²) < 4.78 is 15.8. The highest BCUT2D eigenvalue weighted by atomic mass is 16.7. The number of para-hydroxylation sites is 1. The Bertz CT molecular complexity index is 1140. The number of ether oxygens (including phenoxy) is 3. The zero-order valence-corrected chi connectivity index (χ0v) is 17.1. The Morgan fingerprint density at radius 2 is 1.94 bits per heavy atom. The second-order valence-electron chi connectivity index (χ2n) is 6.97. The summed E-state index contributed by atoms with van der Waals surface area (Å²) in [5.41, 5.74) is 2.39. The number of fused-ring (bicyclic) bond motifs is 2. The fourth-order valence-electron chi connectivity index (χ4n) is 3.24. The van der Waals surface area contributed by atoms with E-state index < -0.39 is 5.97 Å². The SMILES string of the molecule is CCN(Cc1ccc2c(c1)OCO2)C(=O)COC(=O)/C=C/c1ccc2ccccc2n1. The smallest absolute Gasteiger partial charge is 0.331 e. The topological polar surface area (TPSA) is 78.0 Å². The summed E-state index contributed by atoms with van der Waals surface area (Å²) in [5.74, 6) is 0.493. The van der Waals surface area contributed by atoms with Crippen molar-refractivity contribution in [3.8, 4) is 11.5 Å². The van der Waals surface area contributed by atoms with Crippen LogP contribution in [0.3, 0.4) is 0 Å². The fourth-order valence-corrected chi connectivity index (χ4v) is 3.24.